The Hall–Kier alpha value is -2.79. The van der Waals surface area contributed by atoms with Gasteiger partial charge in [0.15, 0.2) is 0 Å². The molecule has 2 N–H and O–H groups in total. The van der Waals surface area contributed by atoms with Crippen molar-refractivity contribution in [3.63, 3.8) is 0 Å². The lowest BCUT2D eigenvalue weighted by molar-refractivity contribution is 0.441. The molecule has 3 rings (SSSR count). The minimum atomic E-state index is -1.06. The number of rotatable bonds is 6. The molecule has 0 radical (unpaired) electrons. The highest BCUT2D eigenvalue weighted by molar-refractivity contribution is 7.12. The van der Waals surface area contributed by atoms with E-state index in [2.05, 4.69) is 24.9 Å². The van der Waals surface area contributed by atoms with Gasteiger partial charge in [0.2, 0.25) is 0 Å². The molecular formula is C23H24FN3S. The van der Waals surface area contributed by atoms with Crippen molar-refractivity contribution in [1.82, 2.24) is 4.98 Å². The number of aromatic nitrogens is 1. The first-order chi connectivity index (χ1) is 13.5. The third kappa shape index (κ3) is 5.14. The van der Waals surface area contributed by atoms with Gasteiger partial charge in [-0.3, -0.25) is 9.98 Å². The summed E-state index contributed by atoms with van der Waals surface area (Å²) in [5.74, 6) is 0. The number of hydrogen-bond acceptors (Lipinski definition) is 4. The average Bonchev–Trinajstić information content (AvgIpc) is 2.89. The Morgan fingerprint density at radius 2 is 2.14 bits per heavy atom. The van der Waals surface area contributed by atoms with Gasteiger partial charge in [0.05, 0.1) is 17.1 Å². The molecule has 5 heteroatoms. The molecule has 1 aliphatic carbocycles. The third-order valence-corrected chi connectivity index (χ3v) is 5.39. The van der Waals surface area contributed by atoms with Crippen molar-refractivity contribution in [1.29, 1.82) is 0 Å². The van der Waals surface area contributed by atoms with Crippen molar-refractivity contribution in [3.05, 3.63) is 93.5 Å². The summed E-state index contributed by atoms with van der Waals surface area (Å²) >= 11 is 1.73. The number of nitrogens with zero attached hydrogens (tertiary/aromatic N) is 2. The Morgan fingerprint density at radius 1 is 1.29 bits per heavy atom. The number of nitrogens with two attached hydrogens (primary N) is 1. The van der Waals surface area contributed by atoms with Crippen LogP contribution in [0.4, 0.5) is 4.39 Å². The fourth-order valence-corrected chi connectivity index (χ4v) is 3.93. The first-order valence-corrected chi connectivity index (χ1v) is 10.0. The van der Waals surface area contributed by atoms with Crippen LogP contribution >= 0.6 is 11.3 Å². The largest absolute Gasteiger partial charge is 0.397 e. The van der Waals surface area contributed by atoms with Crippen LogP contribution in [-0.4, -0.2) is 23.4 Å². The van der Waals surface area contributed by atoms with Crippen LogP contribution in [0.2, 0.25) is 0 Å². The van der Waals surface area contributed by atoms with Crippen molar-refractivity contribution in [2.24, 2.45) is 10.7 Å². The smallest absolute Gasteiger partial charge is 0.140 e. The molecule has 2 heterocycles. The highest BCUT2D eigenvalue weighted by Gasteiger charge is 2.12. The summed E-state index contributed by atoms with van der Waals surface area (Å²) in [5.41, 5.74) is 10.2. The zero-order valence-corrected chi connectivity index (χ0v) is 16.9. The topological polar surface area (TPSA) is 51.3 Å². The van der Waals surface area contributed by atoms with Gasteiger partial charge < -0.3 is 5.73 Å². The molecule has 2 aromatic heterocycles. The molecule has 1 atom stereocenters. The van der Waals surface area contributed by atoms with E-state index in [-0.39, 0.29) is 0 Å². The molecule has 28 heavy (non-hydrogen) atoms. The van der Waals surface area contributed by atoms with Crippen LogP contribution in [0, 0.1) is 13.8 Å². The van der Waals surface area contributed by atoms with E-state index in [0.29, 0.717) is 24.4 Å². The highest BCUT2D eigenvalue weighted by atomic mass is 32.1. The predicted molar refractivity (Wildman–Crippen MR) is 117 cm³/mol. The summed E-state index contributed by atoms with van der Waals surface area (Å²) in [7, 11) is 0. The molecule has 0 bridgehead atoms. The molecule has 0 saturated heterocycles. The summed E-state index contributed by atoms with van der Waals surface area (Å²) in [4.78, 5) is 11.5. The van der Waals surface area contributed by atoms with Crippen molar-refractivity contribution in [2.45, 2.75) is 26.4 Å². The number of allylic oxidation sites excluding steroid dienone is 6. The molecule has 1 aliphatic rings. The molecule has 2 aromatic rings. The molecule has 0 amide bonds. The number of alkyl halides is 1. The zero-order valence-electron chi connectivity index (χ0n) is 16.1. The molecule has 0 fully saturated rings. The number of pyridine rings is 1. The fraction of sp³-hybridized carbons (Fsp3) is 0.217. The first kappa shape index (κ1) is 20.0. The van der Waals surface area contributed by atoms with E-state index in [1.807, 2.05) is 42.5 Å². The Morgan fingerprint density at radius 3 is 2.86 bits per heavy atom. The van der Waals surface area contributed by atoms with Crippen LogP contribution in [0.25, 0.3) is 5.70 Å². The van der Waals surface area contributed by atoms with Crippen LogP contribution in [0.15, 0.2) is 77.5 Å². The molecule has 3 nitrogen and oxygen atoms in total. The maximum atomic E-state index is 14.2. The second-order valence-electron chi connectivity index (χ2n) is 6.57. The molecule has 0 saturated carbocycles. The summed E-state index contributed by atoms with van der Waals surface area (Å²) in [6.07, 6.45) is 11.9. The molecule has 144 valence electrons. The number of halogens is 1. The standard InChI is InChI=1S/C23H24FN3S/c1-16-14-19(17(2)28-16)23(15-21(25)22-10-6-7-12-26-22)27-13-11-18-8-4-3-5-9-20(18)24/h3-10,12,14-15,20H,11,13,25H2,1-2H3. The molecule has 0 aromatic carbocycles. The fourth-order valence-electron chi connectivity index (χ4n) is 3.00. The lowest BCUT2D eigenvalue weighted by Crippen LogP contribution is -2.07. The molecular weight excluding hydrogens is 369 g/mol. The quantitative estimate of drug-likeness (QED) is 0.675. The lowest BCUT2D eigenvalue weighted by atomic mass is 10.1. The highest BCUT2D eigenvalue weighted by Crippen LogP contribution is 2.23. The van der Waals surface area contributed by atoms with E-state index >= 15 is 0 Å². The van der Waals surface area contributed by atoms with Crippen LogP contribution in [0.1, 0.15) is 27.4 Å². The third-order valence-electron chi connectivity index (χ3n) is 4.42. The van der Waals surface area contributed by atoms with Gasteiger partial charge in [-0.1, -0.05) is 30.4 Å². The van der Waals surface area contributed by atoms with Crippen molar-refractivity contribution < 1.29 is 4.39 Å². The van der Waals surface area contributed by atoms with E-state index < -0.39 is 6.17 Å². The Kier molecular flexibility index (Phi) is 6.71. The summed E-state index contributed by atoms with van der Waals surface area (Å²) in [5, 5.41) is 0. The van der Waals surface area contributed by atoms with E-state index in [1.165, 1.54) is 9.75 Å². The van der Waals surface area contributed by atoms with Gasteiger partial charge >= 0.3 is 0 Å². The van der Waals surface area contributed by atoms with Crippen molar-refractivity contribution in [2.75, 3.05) is 6.54 Å². The Balaban J connectivity index is 1.87. The van der Waals surface area contributed by atoms with Crippen molar-refractivity contribution in [3.8, 4) is 0 Å². The maximum Gasteiger partial charge on any atom is 0.140 e. The van der Waals surface area contributed by atoms with Crippen LogP contribution in [-0.2, 0) is 0 Å². The first-order valence-electron chi connectivity index (χ1n) is 9.23. The minimum Gasteiger partial charge on any atom is -0.397 e. The number of aryl methyl sites for hydroxylation is 2. The normalized spacial score (nSPS) is 17.5. The maximum absolute atomic E-state index is 14.2. The van der Waals surface area contributed by atoms with Gasteiger partial charge in [-0.25, -0.2) is 4.39 Å². The van der Waals surface area contributed by atoms with Gasteiger partial charge in [0.1, 0.15) is 6.17 Å². The SMILES string of the molecule is Cc1cc(C(C=C(N)c2ccccn2)=NCCC2=CC=CC=CC2F)c(C)s1. The van der Waals surface area contributed by atoms with E-state index in [0.717, 1.165) is 16.8 Å². The van der Waals surface area contributed by atoms with E-state index in [4.69, 9.17) is 10.7 Å². The predicted octanol–water partition coefficient (Wildman–Crippen LogP) is 5.33. The second kappa shape index (κ2) is 9.42. The van der Waals surface area contributed by atoms with Gasteiger partial charge in [0, 0.05) is 28.1 Å². The van der Waals surface area contributed by atoms with Crippen LogP contribution < -0.4 is 5.73 Å². The van der Waals surface area contributed by atoms with Crippen molar-refractivity contribution >= 4 is 22.7 Å². The lowest BCUT2D eigenvalue weighted by Gasteiger charge is -2.08. The zero-order chi connectivity index (χ0) is 19.9. The monoisotopic (exact) mass is 393 g/mol. The second-order valence-corrected chi connectivity index (χ2v) is 8.03. The van der Waals surface area contributed by atoms with Gasteiger partial charge in [-0.15, -0.1) is 11.3 Å². The Labute approximate surface area is 169 Å². The number of aliphatic imine (C=N–C) groups is 1. The number of hydrogen-bond donors (Lipinski definition) is 1. The van der Waals surface area contributed by atoms with Crippen LogP contribution in [0.3, 0.4) is 0 Å². The van der Waals surface area contributed by atoms with Gasteiger partial charge in [0.25, 0.3) is 0 Å². The van der Waals surface area contributed by atoms with Crippen LogP contribution in [0.5, 0.6) is 0 Å². The Bertz CT molecular complexity index is 965. The average molecular weight is 394 g/mol. The number of thiophene rings is 1. The summed E-state index contributed by atoms with van der Waals surface area (Å²) in [6.45, 7) is 4.64. The van der Waals surface area contributed by atoms with Gasteiger partial charge in [-0.2, -0.15) is 0 Å². The van der Waals surface area contributed by atoms with E-state index in [1.54, 1.807) is 29.7 Å². The summed E-state index contributed by atoms with van der Waals surface area (Å²) in [6, 6.07) is 7.75. The molecule has 0 aliphatic heterocycles. The van der Waals surface area contributed by atoms with E-state index in [9.17, 15) is 4.39 Å². The molecule has 1 unspecified atom stereocenters. The minimum absolute atomic E-state index is 0.490. The molecule has 0 spiro atoms. The summed E-state index contributed by atoms with van der Waals surface area (Å²) < 4.78 is 14.2. The van der Waals surface area contributed by atoms with Gasteiger partial charge in [-0.05, 0) is 56.2 Å².